The quantitative estimate of drug-likeness (QED) is 0.770. The summed E-state index contributed by atoms with van der Waals surface area (Å²) in [6, 6.07) is 6.28. The van der Waals surface area contributed by atoms with Crippen LogP contribution in [0.2, 0.25) is 0 Å². The molecule has 8 heteroatoms. The van der Waals surface area contributed by atoms with Crippen molar-refractivity contribution in [1.29, 1.82) is 0 Å². The van der Waals surface area contributed by atoms with E-state index >= 15 is 0 Å². The normalized spacial score (nSPS) is 19.4. The van der Waals surface area contributed by atoms with Gasteiger partial charge in [0, 0.05) is 28.8 Å². The lowest BCUT2D eigenvalue weighted by atomic mass is 10.1. The zero-order valence-electron chi connectivity index (χ0n) is 15.4. The molecule has 1 saturated heterocycles. The molecule has 2 N–H and O–H groups in total. The summed E-state index contributed by atoms with van der Waals surface area (Å²) in [6.45, 7) is 3.27. The lowest BCUT2D eigenvalue weighted by Crippen LogP contribution is -2.32. The standard InChI is InChI=1S/C20H21FN2O4S/c1-12-19(15-6-8-28-18(15)10-23(12)20(24)25)22-16-5-4-13(21)9-17(16)27-14-3-2-7-26-11-14/h4-6,8-9,14,22H,2-3,7,10-11H2,1H3,(H,24,25). The number of ether oxygens (including phenoxy) is 2. The molecule has 1 fully saturated rings. The van der Waals surface area contributed by atoms with Crippen molar-refractivity contribution in [3.63, 3.8) is 0 Å². The summed E-state index contributed by atoms with van der Waals surface area (Å²) in [5.41, 5.74) is 2.82. The van der Waals surface area contributed by atoms with E-state index in [1.807, 2.05) is 11.4 Å². The van der Waals surface area contributed by atoms with Crippen molar-refractivity contribution in [3.8, 4) is 5.75 Å². The van der Waals surface area contributed by atoms with Crippen LogP contribution < -0.4 is 10.1 Å². The number of hydrogen-bond donors (Lipinski definition) is 2. The van der Waals surface area contributed by atoms with Crippen molar-refractivity contribution >= 4 is 28.8 Å². The maximum Gasteiger partial charge on any atom is 0.411 e. The molecule has 2 aliphatic heterocycles. The van der Waals surface area contributed by atoms with E-state index in [2.05, 4.69) is 5.32 Å². The number of carboxylic acid groups (broad SMARTS) is 1. The number of carbonyl (C=O) groups is 1. The second-order valence-electron chi connectivity index (χ2n) is 6.81. The Hall–Kier alpha value is -2.58. The van der Waals surface area contributed by atoms with Gasteiger partial charge in [-0.1, -0.05) is 0 Å². The SMILES string of the molecule is CC1=C(Nc2ccc(F)cc2OC2CCCOC2)c2ccsc2CN1C(=O)O. The molecule has 1 amide bonds. The van der Waals surface area contributed by atoms with Gasteiger partial charge in [-0.2, -0.15) is 0 Å². The average molecular weight is 404 g/mol. The molecule has 28 heavy (non-hydrogen) atoms. The number of benzene rings is 1. The van der Waals surface area contributed by atoms with Crippen LogP contribution in [0.4, 0.5) is 14.9 Å². The number of amides is 1. The van der Waals surface area contributed by atoms with E-state index in [1.54, 1.807) is 13.0 Å². The van der Waals surface area contributed by atoms with Crippen LogP contribution in [0, 0.1) is 5.82 Å². The van der Waals surface area contributed by atoms with Crippen LogP contribution in [0.1, 0.15) is 30.2 Å². The summed E-state index contributed by atoms with van der Waals surface area (Å²) in [5.74, 6) is -0.00460. The van der Waals surface area contributed by atoms with Gasteiger partial charge in [-0.25, -0.2) is 9.18 Å². The van der Waals surface area contributed by atoms with Gasteiger partial charge in [0.15, 0.2) is 0 Å². The van der Waals surface area contributed by atoms with Gasteiger partial charge in [-0.3, -0.25) is 4.90 Å². The molecule has 0 aliphatic carbocycles. The zero-order valence-corrected chi connectivity index (χ0v) is 16.2. The Morgan fingerprint density at radius 3 is 3.04 bits per heavy atom. The number of nitrogens with zero attached hydrogens (tertiary/aromatic N) is 1. The Kier molecular flexibility index (Phi) is 5.23. The van der Waals surface area contributed by atoms with Gasteiger partial charge in [-0.15, -0.1) is 11.3 Å². The number of nitrogens with one attached hydrogen (secondary N) is 1. The van der Waals surface area contributed by atoms with Crippen LogP contribution in [-0.4, -0.2) is 35.4 Å². The third-order valence-corrected chi connectivity index (χ3v) is 5.84. The molecule has 0 spiro atoms. The molecule has 0 bridgehead atoms. The van der Waals surface area contributed by atoms with Gasteiger partial charge in [0.2, 0.25) is 0 Å². The fourth-order valence-corrected chi connectivity index (χ4v) is 4.33. The highest BCUT2D eigenvalue weighted by Gasteiger charge is 2.28. The van der Waals surface area contributed by atoms with Gasteiger partial charge < -0.3 is 19.9 Å². The van der Waals surface area contributed by atoms with E-state index in [1.165, 1.54) is 28.4 Å². The predicted molar refractivity (Wildman–Crippen MR) is 105 cm³/mol. The van der Waals surface area contributed by atoms with E-state index in [4.69, 9.17) is 9.47 Å². The van der Waals surface area contributed by atoms with E-state index in [0.29, 0.717) is 42.6 Å². The predicted octanol–water partition coefficient (Wildman–Crippen LogP) is 4.74. The molecule has 148 valence electrons. The van der Waals surface area contributed by atoms with Crippen molar-refractivity contribution in [2.75, 3.05) is 18.5 Å². The average Bonchev–Trinajstić information content (AvgIpc) is 3.14. The lowest BCUT2D eigenvalue weighted by molar-refractivity contribution is 0.00763. The topological polar surface area (TPSA) is 71.0 Å². The smallest absolute Gasteiger partial charge is 0.411 e. The minimum Gasteiger partial charge on any atom is -0.486 e. The second-order valence-corrected chi connectivity index (χ2v) is 7.81. The third-order valence-electron chi connectivity index (χ3n) is 4.93. The van der Waals surface area contributed by atoms with Gasteiger partial charge >= 0.3 is 6.09 Å². The number of allylic oxidation sites excluding steroid dienone is 1. The van der Waals surface area contributed by atoms with E-state index in [9.17, 15) is 14.3 Å². The van der Waals surface area contributed by atoms with Crippen LogP contribution in [0.15, 0.2) is 35.3 Å². The van der Waals surface area contributed by atoms with Gasteiger partial charge in [-0.05, 0) is 43.3 Å². The summed E-state index contributed by atoms with van der Waals surface area (Å²) in [7, 11) is 0. The summed E-state index contributed by atoms with van der Waals surface area (Å²) < 4.78 is 25.3. The second kappa shape index (κ2) is 7.81. The minimum atomic E-state index is -1.01. The molecule has 3 heterocycles. The summed E-state index contributed by atoms with van der Waals surface area (Å²) >= 11 is 1.51. The fraction of sp³-hybridized carbons (Fsp3) is 0.350. The molecule has 1 unspecified atom stereocenters. The Morgan fingerprint density at radius 2 is 2.29 bits per heavy atom. The minimum absolute atomic E-state index is 0.134. The maximum absolute atomic E-state index is 13.9. The summed E-state index contributed by atoms with van der Waals surface area (Å²) in [4.78, 5) is 13.9. The molecule has 0 radical (unpaired) electrons. The van der Waals surface area contributed by atoms with E-state index in [-0.39, 0.29) is 6.10 Å². The molecule has 0 saturated carbocycles. The molecule has 1 aromatic carbocycles. The number of hydrogen-bond acceptors (Lipinski definition) is 5. The van der Waals surface area contributed by atoms with Crippen molar-refractivity contribution in [3.05, 3.63) is 51.6 Å². The van der Waals surface area contributed by atoms with E-state index in [0.717, 1.165) is 23.3 Å². The molecule has 4 rings (SSSR count). The van der Waals surface area contributed by atoms with Gasteiger partial charge in [0.25, 0.3) is 0 Å². The highest BCUT2D eigenvalue weighted by Crippen LogP contribution is 2.38. The lowest BCUT2D eigenvalue weighted by Gasteiger charge is -2.30. The molecule has 2 aliphatic rings. The summed E-state index contributed by atoms with van der Waals surface area (Å²) in [6.07, 6.45) is 0.605. The van der Waals surface area contributed by atoms with Gasteiger partial charge in [0.05, 0.1) is 24.5 Å². The highest BCUT2D eigenvalue weighted by molar-refractivity contribution is 7.10. The molecular weight excluding hydrogens is 383 g/mol. The van der Waals surface area contributed by atoms with Crippen LogP contribution in [0.3, 0.4) is 0 Å². The Morgan fingerprint density at radius 1 is 1.43 bits per heavy atom. The number of thiophene rings is 1. The van der Waals surface area contributed by atoms with Crippen LogP contribution >= 0.6 is 11.3 Å². The van der Waals surface area contributed by atoms with Gasteiger partial charge in [0.1, 0.15) is 17.7 Å². The Bertz CT molecular complexity index is 921. The van der Waals surface area contributed by atoms with Crippen LogP contribution in [0.5, 0.6) is 5.75 Å². The number of halogens is 1. The Balaban J connectivity index is 1.67. The Labute approximate surface area is 166 Å². The first-order valence-corrected chi connectivity index (χ1v) is 10.00. The molecule has 1 atom stereocenters. The number of fused-ring (bicyclic) bond motifs is 1. The largest absolute Gasteiger partial charge is 0.486 e. The summed E-state index contributed by atoms with van der Waals surface area (Å²) in [5, 5.41) is 14.8. The van der Waals surface area contributed by atoms with Crippen molar-refractivity contribution < 1.29 is 23.8 Å². The number of rotatable bonds is 4. The first-order chi connectivity index (χ1) is 13.5. The van der Waals surface area contributed by atoms with Crippen molar-refractivity contribution in [1.82, 2.24) is 4.90 Å². The van der Waals surface area contributed by atoms with Crippen molar-refractivity contribution in [2.24, 2.45) is 0 Å². The zero-order chi connectivity index (χ0) is 19.7. The highest BCUT2D eigenvalue weighted by atomic mass is 32.1. The van der Waals surface area contributed by atoms with E-state index < -0.39 is 11.9 Å². The molecule has 1 aromatic heterocycles. The molecule has 2 aromatic rings. The molecular formula is C20H21FN2O4S. The van der Waals surface area contributed by atoms with Crippen LogP contribution in [0.25, 0.3) is 5.70 Å². The third kappa shape index (κ3) is 3.70. The first kappa shape index (κ1) is 18.8. The van der Waals surface area contributed by atoms with Crippen LogP contribution in [-0.2, 0) is 11.3 Å². The maximum atomic E-state index is 13.9. The fourth-order valence-electron chi connectivity index (χ4n) is 3.46. The molecule has 6 nitrogen and oxygen atoms in total. The monoisotopic (exact) mass is 404 g/mol. The van der Waals surface area contributed by atoms with Crippen molar-refractivity contribution in [2.45, 2.75) is 32.4 Å². The number of anilines is 1. The first-order valence-electron chi connectivity index (χ1n) is 9.12.